The fourth-order valence-corrected chi connectivity index (χ4v) is 1.61. The second kappa shape index (κ2) is 4.65. The van der Waals surface area contributed by atoms with E-state index >= 15 is 0 Å². The monoisotopic (exact) mass is 635 g/mol. The average Bonchev–Trinajstić information content (AvgIpc) is 2.31. The van der Waals surface area contributed by atoms with Crippen molar-refractivity contribution in [3.8, 4) is 0 Å². The van der Waals surface area contributed by atoms with Gasteiger partial charge in [0.2, 0.25) is 0 Å². The van der Waals surface area contributed by atoms with E-state index in [1.165, 1.54) is 13.8 Å². The van der Waals surface area contributed by atoms with Crippen LogP contribution >= 0.6 is 0 Å². The number of hydrogen-bond donors (Lipinski definition) is 1. The number of hydrogen-bond acceptors (Lipinski definition) is 3. The Morgan fingerprint density at radius 3 is 1.47 bits per heavy atom. The molecule has 1 aliphatic rings. The van der Waals surface area contributed by atoms with E-state index < -0.39 is 10.8 Å². The van der Waals surface area contributed by atoms with Crippen molar-refractivity contribution in [2.24, 2.45) is 10.8 Å². The topological polar surface area (TPSA) is 46.2 Å². The smallest absolute Gasteiger partial charge is 0.105 e. The van der Waals surface area contributed by atoms with Gasteiger partial charge in [-0.25, -0.2) is 0 Å². The first-order valence-corrected chi connectivity index (χ1v) is 4.31. The number of carbonyl (C=O) groups excluding carboxylic acids is 2. The molecule has 1 saturated heterocycles. The maximum atomic E-state index is 11.4. The van der Waals surface area contributed by atoms with Crippen LogP contribution in [0.1, 0.15) is 27.7 Å². The van der Waals surface area contributed by atoms with Gasteiger partial charge < -0.3 is 14.9 Å². The van der Waals surface area contributed by atoms with E-state index in [1.54, 1.807) is 26.9 Å². The van der Waals surface area contributed by atoms with Gasteiger partial charge in [-0.2, -0.15) is 0 Å². The van der Waals surface area contributed by atoms with Gasteiger partial charge in [0.05, 0.1) is 0 Å². The van der Waals surface area contributed by atoms with Gasteiger partial charge in [-0.3, -0.25) is 13.1 Å². The molecule has 1 aliphatic heterocycles. The summed E-state index contributed by atoms with van der Waals surface area (Å²) in [6, 6.07) is 0. The molecule has 0 bridgehead atoms. The number of ketones is 2. The molecule has 15 heavy (non-hydrogen) atoms. The van der Waals surface area contributed by atoms with Crippen LogP contribution in [0.5, 0.6) is 0 Å². The van der Waals surface area contributed by atoms with Crippen LogP contribution in [0.4, 0.5) is 0 Å². The van der Waals surface area contributed by atoms with Gasteiger partial charge in [-0.1, -0.05) is 13.8 Å². The largest absolute Gasteiger partial charge is 0.617 e. The van der Waals surface area contributed by atoms with Crippen LogP contribution in [0.3, 0.4) is 0 Å². The zero-order chi connectivity index (χ0) is 10.3. The predicted octanol–water partition coefficient (Wildman–Crippen LogP) is 1.10. The second-order valence-electron chi connectivity index (χ2n) is 3.97. The molecule has 1 rings (SSSR count). The molecule has 1 heterocycles. The van der Waals surface area contributed by atoms with Crippen molar-refractivity contribution in [3.63, 3.8) is 0 Å². The zero-order valence-corrected chi connectivity index (χ0v) is 18.7. The van der Waals surface area contributed by atoms with Crippen molar-refractivity contribution in [2.75, 3.05) is 0 Å². The third-order valence-corrected chi connectivity index (χ3v) is 3.29. The van der Waals surface area contributed by atoms with Crippen LogP contribution in [-0.2, 0) is 30.0 Å². The van der Waals surface area contributed by atoms with E-state index in [2.05, 4.69) is 5.32 Å². The van der Waals surface area contributed by atoms with Crippen molar-refractivity contribution >= 4 is 11.6 Å². The molecule has 0 aliphatic carbocycles. The Bertz CT molecular complexity index is 246. The van der Waals surface area contributed by atoms with E-state index in [9.17, 15) is 9.59 Å². The summed E-state index contributed by atoms with van der Waals surface area (Å²) in [6.07, 6.45) is 0. The van der Waals surface area contributed by atoms with Crippen LogP contribution in [-0.4, -0.2) is 11.6 Å². The van der Waals surface area contributed by atoms with E-state index in [4.69, 9.17) is 0 Å². The predicted molar refractivity (Wildman–Crippen MR) is 49.3 cm³/mol. The quantitative estimate of drug-likeness (QED) is 0.464. The number of nitrogens with one attached hydrogen (secondary N) is 1. The summed E-state index contributed by atoms with van der Waals surface area (Å²) in [5, 5.41) is 2.87. The summed E-state index contributed by atoms with van der Waals surface area (Å²) in [5.74, 6) is 0.0119. The van der Waals surface area contributed by atoms with E-state index in [0.29, 0.717) is 0 Å². The third-order valence-electron chi connectivity index (χ3n) is 3.29. The molecule has 83 valence electrons. The van der Waals surface area contributed by atoms with Crippen LogP contribution in [0.25, 0.3) is 0 Å². The Labute approximate surface area is 98.7 Å². The zero-order valence-electron chi connectivity index (χ0n) is 9.56. The molecule has 1 radical (unpaired) electrons. The maximum absolute atomic E-state index is 11.4. The van der Waals surface area contributed by atoms with Crippen LogP contribution in [0, 0.1) is 23.9 Å². The van der Waals surface area contributed by atoms with Gasteiger partial charge in [-0.15, -0.1) is 10.8 Å². The molecule has 2 atom stereocenters. The van der Waals surface area contributed by atoms with Gasteiger partial charge in [0.25, 0.3) is 0 Å². The molecule has 0 saturated carbocycles. The molecule has 0 amide bonds. The summed E-state index contributed by atoms with van der Waals surface area (Å²) in [5.41, 5.74) is -1.42. The minimum atomic E-state index is -0.709. The number of Topliss-reactive ketones (excluding diaryl/α,β-unsaturated/α-hetero) is 2. The van der Waals surface area contributed by atoms with Gasteiger partial charge in [0.1, 0.15) is 11.6 Å². The van der Waals surface area contributed by atoms with Crippen molar-refractivity contribution in [2.45, 2.75) is 27.7 Å². The van der Waals surface area contributed by atoms with E-state index in [-0.39, 0.29) is 32.0 Å². The molecular formula is C10H15NO2ReRf-2. The van der Waals surface area contributed by atoms with E-state index in [1.807, 2.05) is 0 Å². The third kappa shape index (κ3) is 1.99. The van der Waals surface area contributed by atoms with Crippen LogP contribution < -0.4 is 5.32 Å². The first kappa shape index (κ1) is 16.4. The molecule has 0 spiro atoms. The summed E-state index contributed by atoms with van der Waals surface area (Å²) >= 11 is 0. The second-order valence-corrected chi connectivity index (χ2v) is 3.97. The number of carbonyl (C=O) groups is 2. The van der Waals surface area contributed by atoms with Crippen molar-refractivity contribution in [1.29, 1.82) is 0 Å². The van der Waals surface area contributed by atoms with E-state index in [0.717, 1.165) is 0 Å². The first-order valence-electron chi connectivity index (χ1n) is 4.31. The Morgan fingerprint density at radius 2 is 1.27 bits per heavy atom. The van der Waals surface area contributed by atoms with Crippen molar-refractivity contribution < 1.29 is 30.0 Å². The van der Waals surface area contributed by atoms with Gasteiger partial charge in [0, 0.05) is 20.4 Å². The van der Waals surface area contributed by atoms with Crippen molar-refractivity contribution in [1.82, 2.24) is 5.32 Å². The minimum Gasteiger partial charge on any atom is -0.617 e. The first-order chi connectivity index (χ1) is 5.84. The minimum absolute atomic E-state index is 0. The molecule has 0 aromatic rings. The average molecular weight is 634 g/mol. The van der Waals surface area contributed by atoms with Crippen molar-refractivity contribution in [3.05, 3.63) is 13.1 Å². The van der Waals surface area contributed by atoms with Crippen LogP contribution in [0.15, 0.2) is 0 Å². The van der Waals surface area contributed by atoms with Crippen LogP contribution in [0.2, 0.25) is 0 Å². The van der Waals surface area contributed by atoms with Gasteiger partial charge >= 0.3 is 0 Å². The molecule has 1 fully saturated rings. The molecule has 0 aromatic heterocycles. The summed E-state index contributed by atoms with van der Waals surface area (Å²) in [6.45, 7) is 9.98. The molecular weight excluding hydrogens is 619 g/mol. The Morgan fingerprint density at radius 1 is 1.00 bits per heavy atom. The summed E-state index contributed by atoms with van der Waals surface area (Å²) in [7, 11) is 0. The fourth-order valence-electron chi connectivity index (χ4n) is 1.61. The van der Waals surface area contributed by atoms with Gasteiger partial charge in [-0.05, 0) is 13.8 Å². The Hall–Kier alpha value is -1.04. The molecule has 0 aromatic carbocycles. The Kier molecular flexibility index (Phi) is 5.09. The molecule has 2 unspecified atom stereocenters. The summed E-state index contributed by atoms with van der Waals surface area (Å²) < 4.78 is 0. The normalized spacial score (nSPS) is 33.9. The Balaban J connectivity index is 0. The molecule has 3 nitrogen and oxygen atoms in total. The van der Waals surface area contributed by atoms with Gasteiger partial charge in [0.15, 0.2) is 0 Å². The fraction of sp³-hybridized carbons (Fsp3) is 0.600. The molecule has 1 N–H and O–H groups in total. The number of rotatable bonds is 2. The SMILES string of the molecule is CC(=O)C1(C)[CH-]N[CH-]C1(C)C(C)=O.[Re].[Rf]. The summed E-state index contributed by atoms with van der Waals surface area (Å²) in [4.78, 5) is 22.9. The maximum Gasteiger partial charge on any atom is 0.105 e. The molecule has 5 heteroatoms. The standard InChI is InChI=1S/C10H15NO2.Re.Rf/c1-7(12)9(3)5-11-6-10(9,4)8(2)13;;/h5-6,11H,1-4H3;;/q-2;;.